The van der Waals surface area contributed by atoms with Gasteiger partial charge in [0.2, 0.25) is 0 Å². The first kappa shape index (κ1) is 36.2. The smallest absolute Gasteiger partial charge is 0.309 e. The SMILES string of the molecule is CCOC(=O)[C@H]1CCc2c(sc3ncnc(Nc4cc5ccnn5cc4Cl)c23)C1.O=C(O)[C@H]1CCc2c(sc3ncnc(Nc4cc5ccnn5cc4Cl)c23)C1. The fourth-order valence-electron chi connectivity index (χ4n) is 7.41. The zero-order valence-electron chi connectivity index (χ0n) is 29.7. The van der Waals surface area contributed by atoms with Gasteiger partial charge in [-0.25, -0.2) is 29.0 Å². The number of halogens is 2. The lowest BCUT2D eigenvalue weighted by atomic mass is 9.88. The zero-order chi connectivity index (χ0) is 38.5. The molecule has 8 heterocycles. The molecule has 0 unspecified atom stereocenters. The number of thiophene rings is 2. The van der Waals surface area contributed by atoms with Crippen molar-refractivity contribution in [2.24, 2.45) is 11.8 Å². The largest absolute Gasteiger partial charge is 0.481 e. The number of pyridine rings is 2. The Hall–Kier alpha value is -5.42. The maximum Gasteiger partial charge on any atom is 0.309 e. The molecule has 2 aliphatic rings. The molecule has 0 aromatic carbocycles. The lowest BCUT2D eigenvalue weighted by Crippen LogP contribution is -2.23. The number of hydrogen-bond donors (Lipinski definition) is 3. The van der Waals surface area contributed by atoms with Crippen LogP contribution >= 0.6 is 45.9 Å². The summed E-state index contributed by atoms with van der Waals surface area (Å²) in [6.07, 6.45) is 14.2. The minimum Gasteiger partial charge on any atom is -0.481 e. The van der Waals surface area contributed by atoms with E-state index in [9.17, 15) is 14.7 Å². The molecular formula is C38H32Cl2N10O4S2. The van der Waals surface area contributed by atoms with Crippen molar-refractivity contribution in [3.63, 3.8) is 0 Å². The third-order valence-electron chi connectivity index (χ3n) is 10.1. The highest BCUT2D eigenvalue weighted by atomic mass is 35.5. The lowest BCUT2D eigenvalue weighted by molar-refractivity contribution is -0.148. The standard InChI is InChI=1S/C20H18ClN5O2S.C18H14ClN5O2S/c1-2-28-20(27)11-3-4-13-16(7-11)29-19-17(13)18(22-10-23-19)25-15-8-12-5-6-24-26(12)9-14(15)21;19-12-7-24-10(3-4-22-24)6-13(12)23-16-15-11-2-1-9(18(25)26)5-14(11)27-17(15)21-8-20-16/h5-6,8-11H,2-4,7H2,1H3,(H,22,23,25);3-4,6-9H,1-2,5H2,(H,25,26)(H,20,21,23)/t11-;9-/m00/s1. The van der Waals surface area contributed by atoms with Crippen LogP contribution in [0.3, 0.4) is 0 Å². The number of carbonyl (C=O) groups excluding carboxylic acids is 1. The number of hydrogen-bond acceptors (Lipinski definition) is 13. The summed E-state index contributed by atoms with van der Waals surface area (Å²) >= 11 is 16.0. The maximum absolute atomic E-state index is 12.2. The van der Waals surface area contributed by atoms with Gasteiger partial charge in [-0.3, -0.25) is 9.59 Å². The third kappa shape index (κ3) is 6.76. The van der Waals surface area contributed by atoms with Gasteiger partial charge in [0.25, 0.3) is 0 Å². The minimum absolute atomic E-state index is 0.0846. The number of rotatable bonds is 7. The van der Waals surface area contributed by atoms with E-state index in [4.69, 9.17) is 27.9 Å². The molecule has 18 heteroatoms. The molecule has 2 aliphatic carbocycles. The van der Waals surface area contributed by atoms with Crippen LogP contribution in [0.5, 0.6) is 0 Å². The van der Waals surface area contributed by atoms with Crippen LogP contribution in [0.25, 0.3) is 31.5 Å². The molecular weight excluding hydrogens is 796 g/mol. The highest BCUT2D eigenvalue weighted by Gasteiger charge is 2.31. The van der Waals surface area contributed by atoms with E-state index in [2.05, 4.69) is 40.8 Å². The van der Waals surface area contributed by atoms with Crippen LogP contribution in [0.1, 0.15) is 40.6 Å². The summed E-state index contributed by atoms with van der Waals surface area (Å²) in [5.74, 6) is 0.168. The molecule has 10 rings (SSSR count). The molecule has 0 fully saturated rings. The number of aryl methyl sites for hydroxylation is 2. The molecule has 2 atom stereocenters. The fraction of sp³-hybridized carbons (Fsp3) is 0.263. The number of aliphatic carboxylic acids is 1. The summed E-state index contributed by atoms with van der Waals surface area (Å²) < 4.78 is 8.66. The second-order valence-corrected chi connectivity index (χ2v) is 16.5. The molecule has 0 aliphatic heterocycles. The third-order valence-corrected chi connectivity index (χ3v) is 13.1. The number of nitrogens with one attached hydrogen (secondary N) is 2. The first-order valence-electron chi connectivity index (χ1n) is 17.9. The molecule has 0 spiro atoms. The minimum atomic E-state index is -0.733. The number of esters is 1. The van der Waals surface area contributed by atoms with Gasteiger partial charge >= 0.3 is 11.9 Å². The van der Waals surface area contributed by atoms with Gasteiger partial charge in [0.15, 0.2) is 0 Å². The summed E-state index contributed by atoms with van der Waals surface area (Å²) in [7, 11) is 0. The fourth-order valence-corrected chi connectivity index (χ4v) is 10.3. The molecule has 14 nitrogen and oxygen atoms in total. The van der Waals surface area contributed by atoms with E-state index < -0.39 is 5.97 Å². The first-order chi connectivity index (χ1) is 27.2. The Bertz CT molecular complexity index is 2820. The van der Waals surface area contributed by atoms with E-state index in [1.807, 2.05) is 31.2 Å². The van der Waals surface area contributed by atoms with Gasteiger partial charge in [-0.05, 0) is 80.8 Å². The van der Waals surface area contributed by atoms with Crippen molar-refractivity contribution >= 4 is 112 Å². The average molecular weight is 828 g/mol. The van der Waals surface area contributed by atoms with Crippen LogP contribution in [0.4, 0.5) is 23.0 Å². The van der Waals surface area contributed by atoms with E-state index >= 15 is 0 Å². The molecule has 0 saturated heterocycles. The Morgan fingerprint density at radius 3 is 1.80 bits per heavy atom. The van der Waals surface area contributed by atoms with Crippen molar-refractivity contribution in [2.45, 2.75) is 45.4 Å². The van der Waals surface area contributed by atoms with Gasteiger partial charge < -0.3 is 20.5 Å². The Morgan fingerprint density at radius 2 is 1.30 bits per heavy atom. The van der Waals surface area contributed by atoms with Crippen LogP contribution in [0.2, 0.25) is 10.0 Å². The van der Waals surface area contributed by atoms with Gasteiger partial charge in [0, 0.05) is 34.5 Å². The van der Waals surface area contributed by atoms with Crippen LogP contribution in [0.15, 0.2) is 61.7 Å². The molecule has 0 amide bonds. The van der Waals surface area contributed by atoms with Crippen LogP contribution in [-0.2, 0) is 40.0 Å². The number of anilines is 4. The summed E-state index contributed by atoms with van der Waals surface area (Å²) in [4.78, 5) is 45.4. The van der Waals surface area contributed by atoms with Gasteiger partial charge in [0.05, 0.1) is 61.7 Å². The Balaban J connectivity index is 0.000000147. The van der Waals surface area contributed by atoms with Gasteiger partial charge in [-0.15, -0.1) is 22.7 Å². The number of aromatic nitrogens is 8. The van der Waals surface area contributed by atoms with Gasteiger partial charge in [-0.1, -0.05) is 23.2 Å². The number of nitrogens with zero attached hydrogens (tertiary/aromatic N) is 8. The van der Waals surface area contributed by atoms with E-state index in [1.165, 1.54) is 16.8 Å². The van der Waals surface area contributed by atoms with Gasteiger partial charge in [0.1, 0.15) is 34.0 Å². The molecule has 0 saturated carbocycles. The van der Waals surface area contributed by atoms with Crippen molar-refractivity contribution in [1.82, 2.24) is 39.2 Å². The normalized spacial score (nSPS) is 16.3. The lowest BCUT2D eigenvalue weighted by Gasteiger charge is -2.20. The Morgan fingerprint density at radius 1 is 0.804 bits per heavy atom. The molecule has 8 aromatic heterocycles. The van der Waals surface area contributed by atoms with Crippen LogP contribution in [-0.4, -0.2) is 62.8 Å². The van der Waals surface area contributed by atoms with Crippen molar-refractivity contribution in [2.75, 3.05) is 17.2 Å². The Labute approximate surface area is 336 Å². The van der Waals surface area contributed by atoms with Crippen molar-refractivity contribution in [1.29, 1.82) is 0 Å². The molecule has 8 aromatic rings. The molecule has 3 N–H and O–H groups in total. The number of ether oxygens (including phenoxy) is 1. The maximum atomic E-state index is 12.2. The van der Waals surface area contributed by atoms with Gasteiger partial charge in [-0.2, -0.15) is 10.2 Å². The van der Waals surface area contributed by atoms with E-state index in [0.29, 0.717) is 48.2 Å². The molecule has 0 bridgehead atoms. The number of carboxylic acids is 1. The monoisotopic (exact) mass is 826 g/mol. The van der Waals surface area contributed by atoms with Crippen molar-refractivity contribution < 1.29 is 19.4 Å². The second-order valence-electron chi connectivity index (χ2n) is 13.5. The summed E-state index contributed by atoms with van der Waals surface area (Å²) in [6.45, 7) is 2.25. The quantitative estimate of drug-likeness (QED) is 0.131. The predicted octanol–water partition coefficient (Wildman–Crippen LogP) is 8.33. The first-order valence-corrected chi connectivity index (χ1v) is 20.3. The van der Waals surface area contributed by atoms with Crippen molar-refractivity contribution in [3.05, 3.63) is 92.6 Å². The van der Waals surface area contributed by atoms with E-state index in [1.54, 1.807) is 62.8 Å². The number of carboxylic acid groups (broad SMARTS) is 1. The molecule has 56 heavy (non-hydrogen) atoms. The molecule has 284 valence electrons. The average Bonchev–Trinajstić information content (AvgIpc) is 4.00. The summed E-state index contributed by atoms with van der Waals surface area (Å²) in [6, 6.07) is 7.68. The second kappa shape index (κ2) is 14.9. The predicted molar refractivity (Wildman–Crippen MR) is 217 cm³/mol. The van der Waals surface area contributed by atoms with E-state index in [-0.39, 0.29) is 17.8 Å². The van der Waals surface area contributed by atoms with Crippen LogP contribution < -0.4 is 10.6 Å². The summed E-state index contributed by atoms with van der Waals surface area (Å²) in [5, 5.41) is 27.5. The van der Waals surface area contributed by atoms with Crippen molar-refractivity contribution in [3.8, 4) is 0 Å². The highest BCUT2D eigenvalue weighted by molar-refractivity contribution is 7.19. The number of carbonyl (C=O) groups is 2. The zero-order valence-corrected chi connectivity index (χ0v) is 32.8. The molecule has 0 radical (unpaired) electrons. The Kier molecular flexibility index (Phi) is 9.65. The summed E-state index contributed by atoms with van der Waals surface area (Å²) in [5.41, 5.74) is 5.73. The topological polar surface area (TPSA) is 174 Å². The van der Waals surface area contributed by atoms with E-state index in [0.717, 1.165) is 71.9 Å². The van der Waals surface area contributed by atoms with Crippen LogP contribution in [0, 0.1) is 11.8 Å². The highest BCUT2D eigenvalue weighted by Crippen LogP contribution is 2.43. The number of fused-ring (bicyclic) bond motifs is 8.